The van der Waals surface area contributed by atoms with Gasteiger partial charge in [0.1, 0.15) is 5.75 Å². The number of piperazine rings is 1. The number of phenolic OH excluding ortho intramolecular Hbond substituents is 1. The van der Waals surface area contributed by atoms with Crippen LogP contribution in [0.4, 0.5) is 0 Å². The summed E-state index contributed by atoms with van der Waals surface area (Å²) in [5, 5.41) is 13.4. The lowest BCUT2D eigenvalue weighted by molar-refractivity contribution is 0.163. The van der Waals surface area contributed by atoms with E-state index in [9.17, 15) is 5.11 Å². The van der Waals surface area contributed by atoms with E-state index in [2.05, 4.69) is 16.8 Å². The Morgan fingerprint density at radius 1 is 1.25 bits per heavy atom. The standard InChI is InChI=1S/C15H22N2O.2ClH/c1-2-3-7-14(17-11-9-16-10-12-17)13-6-4-5-8-15(13)18;;/h2,4-6,8,14,16,18H,1,3,7,9-12H2;2*1H/t14-;;/m0../s1. The van der Waals surface area contributed by atoms with E-state index < -0.39 is 0 Å². The van der Waals surface area contributed by atoms with Gasteiger partial charge in [0.05, 0.1) is 0 Å². The van der Waals surface area contributed by atoms with Crippen molar-refractivity contribution < 1.29 is 5.11 Å². The fraction of sp³-hybridized carbons (Fsp3) is 0.467. The van der Waals surface area contributed by atoms with Crippen LogP contribution in [0.25, 0.3) is 0 Å². The third-order valence-electron chi connectivity index (χ3n) is 3.53. The number of rotatable bonds is 5. The quantitative estimate of drug-likeness (QED) is 0.819. The maximum atomic E-state index is 10.0. The van der Waals surface area contributed by atoms with E-state index in [0.29, 0.717) is 11.8 Å². The molecule has 0 spiro atoms. The molecule has 1 fully saturated rings. The topological polar surface area (TPSA) is 35.5 Å². The third-order valence-corrected chi connectivity index (χ3v) is 3.53. The van der Waals surface area contributed by atoms with Crippen molar-refractivity contribution in [1.82, 2.24) is 10.2 Å². The van der Waals surface area contributed by atoms with Gasteiger partial charge in [0.2, 0.25) is 0 Å². The van der Waals surface area contributed by atoms with Crippen LogP contribution in [0.15, 0.2) is 36.9 Å². The van der Waals surface area contributed by atoms with Crippen molar-refractivity contribution in [3.63, 3.8) is 0 Å². The van der Waals surface area contributed by atoms with Crippen LogP contribution >= 0.6 is 24.8 Å². The molecule has 5 heteroatoms. The van der Waals surface area contributed by atoms with Gasteiger partial charge in [0.15, 0.2) is 0 Å². The molecule has 2 rings (SSSR count). The van der Waals surface area contributed by atoms with Crippen LogP contribution in [-0.2, 0) is 0 Å². The monoisotopic (exact) mass is 318 g/mol. The van der Waals surface area contributed by atoms with Gasteiger partial charge in [-0.1, -0.05) is 24.3 Å². The van der Waals surface area contributed by atoms with Gasteiger partial charge in [-0.3, -0.25) is 4.90 Å². The molecule has 1 saturated heterocycles. The first kappa shape index (κ1) is 19.3. The second-order valence-electron chi connectivity index (χ2n) is 4.73. The Bertz CT molecular complexity index is 395. The summed E-state index contributed by atoms with van der Waals surface area (Å²) < 4.78 is 0. The Balaban J connectivity index is 0.00000180. The first-order valence-electron chi connectivity index (χ1n) is 6.66. The highest BCUT2D eigenvalue weighted by molar-refractivity contribution is 5.85. The minimum atomic E-state index is 0. The molecule has 1 aliphatic heterocycles. The zero-order valence-electron chi connectivity index (χ0n) is 11.6. The number of nitrogens with one attached hydrogen (secondary N) is 1. The van der Waals surface area contributed by atoms with Gasteiger partial charge >= 0.3 is 0 Å². The van der Waals surface area contributed by atoms with Crippen LogP contribution in [0.3, 0.4) is 0 Å². The number of para-hydroxylation sites is 1. The average molecular weight is 319 g/mol. The van der Waals surface area contributed by atoms with E-state index in [1.165, 1.54) is 0 Å². The molecule has 0 unspecified atom stereocenters. The van der Waals surface area contributed by atoms with Gasteiger partial charge in [0, 0.05) is 37.8 Å². The number of aromatic hydroxyl groups is 1. The lowest BCUT2D eigenvalue weighted by atomic mass is 9.98. The number of benzene rings is 1. The molecule has 1 aromatic rings. The number of nitrogens with zero attached hydrogens (tertiary/aromatic N) is 1. The molecule has 0 amide bonds. The molecule has 1 aromatic carbocycles. The third kappa shape index (κ3) is 4.98. The maximum absolute atomic E-state index is 10.0. The largest absolute Gasteiger partial charge is 0.508 e. The molecular weight excluding hydrogens is 295 g/mol. The molecule has 2 N–H and O–H groups in total. The minimum Gasteiger partial charge on any atom is -0.508 e. The average Bonchev–Trinajstić information content (AvgIpc) is 2.42. The van der Waals surface area contributed by atoms with Gasteiger partial charge in [-0.15, -0.1) is 31.4 Å². The molecule has 1 aliphatic rings. The molecule has 1 atom stereocenters. The van der Waals surface area contributed by atoms with Crippen molar-refractivity contribution in [1.29, 1.82) is 0 Å². The number of hydrogen-bond donors (Lipinski definition) is 2. The Labute approximate surface area is 133 Å². The molecule has 3 nitrogen and oxygen atoms in total. The second-order valence-corrected chi connectivity index (χ2v) is 4.73. The summed E-state index contributed by atoms with van der Waals surface area (Å²) in [4.78, 5) is 2.45. The Morgan fingerprint density at radius 2 is 1.90 bits per heavy atom. The van der Waals surface area contributed by atoms with Gasteiger partial charge < -0.3 is 10.4 Å². The lowest BCUT2D eigenvalue weighted by Gasteiger charge is -2.35. The highest BCUT2D eigenvalue weighted by Crippen LogP contribution is 2.32. The van der Waals surface area contributed by atoms with E-state index in [4.69, 9.17) is 0 Å². The summed E-state index contributed by atoms with van der Waals surface area (Å²) in [5.74, 6) is 0.407. The second kappa shape index (κ2) is 10.1. The summed E-state index contributed by atoms with van der Waals surface area (Å²) in [6.45, 7) is 7.93. The zero-order valence-corrected chi connectivity index (χ0v) is 13.3. The summed E-state index contributed by atoms with van der Waals surface area (Å²) in [6, 6.07) is 7.98. The first-order valence-corrected chi connectivity index (χ1v) is 6.66. The van der Waals surface area contributed by atoms with Crippen LogP contribution in [0.1, 0.15) is 24.4 Å². The molecule has 0 aliphatic carbocycles. The van der Waals surface area contributed by atoms with Crippen molar-refractivity contribution in [3.05, 3.63) is 42.5 Å². The van der Waals surface area contributed by atoms with E-state index >= 15 is 0 Å². The Hall–Kier alpha value is -0.740. The number of allylic oxidation sites excluding steroid dienone is 1. The fourth-order valence-electron chi connectivity index (χ4n) is 2.57. The van der Waals surface area contributed by atoms with Gasteiger partial charge in [-0.25, -0.2) is 0 Å². The first-order chi connectivity index (χ1) is 8.83. The van der Waals surface area contributed by atoms with Crippen molar-refractivity contribution in [2.75, 3.05) is 26.2 Å². The summed E-state index contributed by atoms with van der Waals surface area (Å²) >= 11 is 0. The molecule has 0 bridgehead atoms. The van der Waals surface area contributed by atoms with Crippen LogP contribution < -0.4 is 5.32 Å². The van der Waals surface area contributed by atoms with E-state index in [1.54, 1.807) is 6.07 Å². The summed E-state index contributed by atoms with van der Waals surface area (Å²) in [5.41, 5.74) is 1.04. The van der Waals surface area contributed by atoms with E-state index in [-0.39, 0.29) is 24.8 Å². The van der Waals surface area contributed by atoms with Crippen molar-refractivity contribution in [3.8, 4) is 5.75 Å². The molecule has 114 valence electrons. The summed E-state index contributed by atoms with van der Waals surface area (Å²) in [6.07, 6.45) is 3.94. The highest BCUT2D eigenvalue weighted by Gasteiger charge is 2.23. The lowest BCUT2D eigenvalue weighted by Crippen LogP contribution is -2.45. The van der Waals surface area contributed by atoms with Crippen LogP contribution in [0.5, 0.6) is 5.75 Å². The Morgan fingerprint density at radius 3 is 2.50 bits per heavy atom. The Kier molecular flexibility index (Phi) is 9.68. The maximum Gasteiger partial charge on any atom is 0.120 e. The predicted molar refractivity (Wildman–Crippen MR) is 89.2 cm³/mol. The number of phenols is 1. The van der Waals surface area contributed by atoms with Gasteiger partial charge in [-0.05, 0) is 18.9 Å². The molecule has 0 aromatic heterocycles. The van der Waals surface area contributed by atoms with Gasteiger partial charge in [0.25, 0.3) is 0 Å². The predicted octanol–water partition coefficient (Wildman–Crippen LogP) is 3.15. The van der Waals surface area contributed by atoms with Crippen LogP contribution in [0.2, 0.25) is 0 Å². The fourth-order valence-corrected chi connectivity index (χ4v) is 2.57. The van der Waals surface area contributed by atoms with Crippen molar-refractivity contribution in [2.45, 2.75) is 18.9 Å². The summed E-state index contributed by atoms with van der Waals surface area (Å²) in [7, 11) is 0. The van der Waals surface area contributed by atoms with Crippen LogP contribution in [-0.4, -0.2) is 36.2 Å². The molecule has 20 heavy (non-hydrogen) atoms. The van der Waals surface area contributed by atoms with E-state index in [1.807, 2.05) is 24.3 Å². The molecule has 0 radical (unpaired) electrons. The zero-order chi connectivity index (χ0) is 12.8. The highest BCUT2D eigenvalue weighted by atomic mass is 35.5. The van der Waals surface area contributed by atoms with Crippen molar-refractivity contribution in [2.24, 2.45) is 0 Å². The SMILES string of the molecule is C=CCC[C@@H](c1ccccc1O)N1CCNCC1.Cl.Cl. The number of halogens is 2. The molecular formula is C15H24Cl2N2O. The van der Waals surface area contributed by atoms with Crippen molar-refractivity contribution >= 4 is 24.8 Å². The van der Waals surface area contributed by atoms with E-state index in [0.717, 1.165) is 44.6 Å². The van der Waals surface area contributed by atoms with Crippen LogP contribution in [0, 0.1) is 0 Å². The van der Waals surface area contributed by atoms with Gasteiger partial charge in [-0.2, -0.15) is 0 Å². The minimum absolute atomic E-state index is 0. The molecule has 0 saturated carbocycles. The smallest absolute Gasteiger partial charge is 0.120 e. The molecule has 1 heterocycles. The normalized spacial score (nSPS) is 16.6. The number of hydrogen-bond acceptors (Lipinski definition) is 3.